The fourth-order valence-electron chi connectivity index (χ4n) is 6.99. The molecule has 8 heteroatoms. The Morgan fingerprint density at radius 2 is 1.88 bits per heavy atom. The number of hydrogen-bond donors (Lipinski definition) is 1. The Balaban J connectivity index is 1.18. The van der Waals surface area contributed by atoms with Crippen LogP contribution in [0.2, 0.25) is 0 Å². The maximum atomic E-state index is 13.5. The van der Waals surface area contributed by atoms with Crippen molar-refractivity contribution in [3.05, 3.63) is 76.7 Å². The molecule has 206 valence electrons. The average Bonchev–Trinajstić information content (AvgIpc) is 3.42. The van der Waals surface area contributed by atoms with Gasteiger partial charge in [0.15, 0.2) is 5.82 Å². The summed E-state index contributed by atoms with van der Waals surface area (Å²) in [4.78, 5) is 34.8. The largest absolute Gasteiger partial charge is 0.339 e. The quantitative estimate of drug-likeness (QED) is 0.264. The monoisotopic (exact) mass is 540 g/mol. The minimum Gasteiger partial charge on any atom is -0.339 e. The molecule has 1 N–H and O–H groups in total. The summed E-state index contributed by atoms with van der Waals surface area (Å²) < 4.78 is 18.9. The van der Waals surface area contributed by atoms with Crippen LogP contribution in [-0.2, 0) is 10.2 Å². The van der Waals surface area contributed by atoms with Gasteiger partial charge in [0.2, 0.25) is 17.4 Å². The Kier molecular flexibility index (Phi) is 6.09. The van der Waals surface area contributed by atoms with Crippen molar-refractivity contribution in [1.29, 1.82) is 0 Å². The highest BCUT2D eigenvalue weighted by atomic mass is 19.1. The van der Waals surface area contributed by atoms with Crippen LogP contribution in [0.25, 0.3) is 22.0 Å². The Bertz CT molecular complexity index is 1630. The van der Waals surface area contributed by atoms with Crippen LogP contribution in [0.4, 0.5) is 10.1 Å². The molecule has 0 saturated heterocycles. The third-order valence-corrected chi connectivity index (χ3v) is 9.35. The molecule has 7 rings (SSSR count). The van der Waals surface area contributed by atoms with Crippen molar-refractivity contribution < 1.29 is 13.7 Å². The van der Waals surface area contributed by atoms with E-state index in [0.29, 0.717) is 12.5 Å². The Hall–Kier alpha value is -3.81. The number of rotatable bonds is 9. The van der Waals surface area contributed by atoms with E-state index in [1.54, 1.807) is 0 Å². The van der Waals surface area contributed by atoms with Crippen molar-refractivity contribution in [3.8, 4) is 11.1 Å². The molecule has 0 atom stereocenters. The number of benzene rings is 2. The molecule has 4 aromatic rings. The Morgan fingerprint density at radius 3 is 2.67 bits per heavy atom. The summed E-state index contributed by atoms with van der Waals surface area (Å²) in [7, 11) is 0. The topological polar surface area (TPSA) is 92.1 Å². The van der Waals surface area contributed by atoms with Crippen LogP contribution in [0.3, 0.4) is 0 Å². The first-order valence-corrected chi connectivity index (χ1v) is 14.4. The van der Waals surface area contributed by atoms with Crippen molar-refractivity contribution in [2.45, 2.75) is 69.1 Å². The number of hydrogen-bond acceptors (Lipinski definition) is 5. The Labute approximate surface area is 231 Å². The second-order valence-corrected chi connectivity index (χ2v) is 12.1. The number of alkyl halides is 1. The van der Waals surface area contributed by atoms with Crippen LogP contribution >= 0.6 is 0 Å². The van der Waals surface area contributed by atoms with Crippen LogP contribution in [0.5, 0.6) is 0 Å². The summed E-state index contributed by atoms with van der Waals surface area (Å²) in [5.41, 5.74) is 3.35. The van der Waals surface area contributed by atoms with Crippen molar-refractivity contribution in [2.24, 2.45) is 5.41 Å². The summed E-state index contributed by atoms with van der Waals surface area (Å²) in [5.74, 6) is 2.05. The van der Waals surface area contributed by atoms with Crippen molar-refractivity contribution in [3.63, 3.8) is 0 Å². The van der Waals surface area contributed by atoms with Gasteiger partial charge in [-0.1, -0.05) is 23.4 Å². The van der Waals surface area contributed by atoms with Gasteiger partial charge in [0.05, 0.1) is 12.1 Å². The van der Waals surface area contributed by atoms with E-state index >= 15 is 0 Å². The lowest BCUT2D eigenvalue weighted by Crippen LogP contribution is -2.40. The molecule has 7 nitrogen and oxygen atoms in total. The molecule has 40 heavy (non-hydrogen) atoms. The van der Waals surface area contributed by atoms with Crippen molar-refractivity contribution >= 4 is 22.5 Å². The lowest BCUT2D eigenvalue weighted by molar-refractivity contribution is -0.119. The number of amides is 1. The SMILES string of the molecule is O=C(CCCF)N(CC12CCC(c3nc(C4CC4)no3)(CC1)C2)c1cccc(-c2ccc3[nH]c(=O)ccc3c2)c1. The summed E-state index contributed by atoms with van der Waals surface area (Å²) >= 11 is 0. The predicted octanol–water partition coefficient (Wildman–Crippen LogP) is 6.44. The molecule has 2 bridgehead atoms. The van der Waals surface area contributed by atoms with E-state index in [-0.39, 0.29) is 35.1 Å². The summed E-state index contributed by atoms with van der Waals surface area (Å²) in [6.45, 7) is 0.0967. The number of fused-ring (bicyclic) bond motifs is 3. The number of carbonyl (C=O) groups is 1. The van der Waals surface area contributed by atoms with Crippen LogP contribution in [0.15, 0.2) is 63.9 Å². The molecule has 0 spiro atoms. The van der Waals surface area contributed by atoms with E-state index in [9.17, 15) is 14.0 Å². The number of pyridine rings is 1. The molecular formula is C32H33FN4O3. The highest BCUT2D eigenvalue weighted by Crippen LogP contribution is 2.62. The third kappa shape index (κ3) is 4.53. The molecule has 3 fully saturated rings. The van der Waals surface area contributed by atoms with E-state index in [4.69, 9.17) is 9.51 Å². The number of nitrogens with one attached hydrogen (secondary N) is 1. The molecule has 0 radical (unpaired) electrons. The molecule has 2 heterocycles. The molecule has 1 amide bonds. The molecule has 2 aromatic heterocycles. The number of aromatic amines is 1. The van der Waals surface area contributed by atoms with Crippen LogP contribution in [0.1, 0.15) is 75.4 Å². The molecule has 3 saturated carbocycles. The molecule has 3 aliphatic rings. The van der Waals surface area contributed by atoms with Gasteiger partial charge in [-0.25, -0.2) is 0 Å². The van der Waals surface area contributed by atoms with Gasteiger partial charge >= 0.3 is 0 Å². The first-order valence-electron chi connectivity index (χ1n) is 14.4. The van der Waals surface area contributed by atoms with E-state index in [1.807, 2.05) is 53.4 Å². The molecular weight excluding hydrogens is 507 g/mol. The highest BCUT2D eigenvalue weighted by Gasteiger charge is 2.58. The lowest BCUT2D eigenvalue weighted by atomic mass is 9.81. The maximum Gasteiger partial charge on any atom is 0.248 e. The second kappa shape index (κ2) is 9.68. The van der Waals surface area contributed by atoms with Gasteiger partial charge in [-0.2, -0.15) is 4.98 Å². The van der Waals surface area contributed by atoms with Gasteiger partial charge in [0.1, 0.15) is 0 Å². The summed E-state index contributed by atoms with van der Waals surface area (Å²) in [5, 5.41) is 5.23. The van der Waals surface area contributed by atoms with Gasteiger partial charge in [-0.15, -0.1) is 0 Å². The van der Waals surface area contributed by atoms with Crippen molar-refractivity contribution in [2.75, 3.05) is 18.1 Å². The fourth-order valence-corrected chi connectivity index (χ4v) is 6.99. The number of H-pyrrole nitrogens is 1. The lowest BCUT2D eigenvalue weighted by Gasteiger charge is -2.34. The standard InChI is InChI=1S/C32H33FN4O3/c33-16-2-5-28(39)37(20-31-12-14-32(19-31,15-13-31)30-35-29(36-40-30)21-6-7-21)25-4-1-3-22(18-25)23-8-10-26-24(17-23)9-11-27(38)34-26/h1,3-4,8-11,17-18,21H,2,5-7,12-16,19-20H2,(H,34,38). The van der Waals surface area contributed by atoms with Gasteiger partial charge in [0, 0.05) is 36.2 Å². The number of aromatic nitrogens is 3. The van der Waals surface area contributed by atoms with Crippen molar-refractivity contribution in [1.82, 2.24) is 15.1 Å². The van der Waals surface area contributed by atoms with Gasteiger partial charge in [-0.05, 0) is 104 Å². The summed E-state index contributed by atoms with van der Waals surface area (Å²) in [6, 6.07) is 17.3. The predicted molar refractivity (Wildman–Crippen MR) is 151 cm³/mol. The zero-order chi connectivity index (χ0) is 27.3. The summed E-state index contributed by atoms with van der Waals surface area (Å²) in [6.07, 6.45) is 7.61. The minimum atomic E-state index is -0.506. The van der Waals surface area contributed by atoms with Gasteiger partial charge < -0.3 is 14.4 Å². The zero-order valence-electron chi connectivity index (χ0n) is 22.5. The number of carbonyl (C=O) groups excluding carboxylic acids is 1. The van der Waals surface area contributed by atoms with Gasteiger partial charge in [-0.3, -0.25) is 14.0 Å². The molecule has 0 aliphatic heterocycles. The van der Waals surface area contributed by atoms with Gasteiger partial charge in [0.25, 0.3) is 0 Å². The highest BCUT2D eigenvalue weighted by molar-refractivity contribution is 5.94. The minimum absolute atomic E-state index is 0.0234. The number of anilines is 1. The first-order chi connectivity index (χ1) is 19.5. The Morgan fingerprint density at radius 1 is 1.05 bits per heavy atom. The number of halogens is 1. The van der Waals surface area contributed by atoms with Crippen LogP contribution in [0, 0.1) is 5.41 Å². The molecule has 3 aliphatic carbocycles. The van der Waals surface area contributed by atoms with Crippen LogP contribution in [-0.4, -0.2) is 34.3 Å². The normalized spacial score (nSPS) is 23.6. The fraction of sp³-hybridized carbons (Fsp3) is 0.438. The van der Waals surface area contributed by atoms with E-state index in [0.717, 1.165) is 84.4 Å². The zero-order valence-corrected chi connectivity index (χ0v) is 22.5. The first kappa shape index (κ1) is 25.2. The second-order valence-electron chi connectivity index (χ2n) is 12.1. The smallest absolute Gasteiger partial charge is 0.248 e. The van der Waals surface area contributed by atoms with Crippen LogP contribution < -0.4 is 10.5 Å². The maximum absolute atomic E-state index is 13.5. The third-order valence-electron chi connectivity index (χ3n) is 9.35. The molecule has 2 aromatic carbocycles. The molecule has 0 unspecified atom stereocenters. The average molecular weight is 541 g/mol. The number of nitrogens with zero attached hydrogens (tertiary/aromatic N) is 3. The van der Waals surface area contributed by atoms with E-state index < -0.39 is 6.67 Å². The van der Waals surface area contributed by atoms with E-state index in [2.05, 4.69) is 10.1 Å². The van der Waals surface area contributed by atoms with E-state index in [1.165, 1.54) is 6.07 Å².